The summed E-state index contributed by atoms with van der Waals surface area (Å²) in [4.78, 5) is 44.0. The number of oxazole rings is 1. The van der Waals surface area contributed by atoms with Crippen LogP contribution in [0.4, 0.5) is 18.4 Å². The van der Waals surface area contributed by atoms with Crippen LogP contribution < -0.4 is 20.1 Å². The molecule has 1 unspecified atom stereocenters. The maximum absolute atomic E-state index is 13.5. The van der Waals surface area contributed by atoms with Crippen molar-refractivity contribution >= 4 is 18.1 Å². The number of rotatable bonds is 10. The van der Waals surface area contributed by atoms with E-state index in [2.05, 4.69) is 20.4 Å². The normalized spacial score (nSPS) is 17.7. The van der Waals surface area contributed by atoms with E-state index in [4.69, 9.17) is 18.6 Å². The molecule has 1 aromatic heterocycles. The lowest BCUT2D eigenvalue weighted by Gasteiger charge is -2.32. The molecule has 0 spiro atoms. The molecule has 4 rings (SSSR count). The molecule has 1 aliphatic heterocycles. The SMILES string of the molecule is COC(=O)N1CCCC(NC(=O)c2nc(-c3ccc(OC(F)F)c(OCC4CC4)c3)oc2[C@H](C)NC(=O)OC(C)(C)C)C1. The molecule has 14 heteroatoms. The van der Waals surface area contributed by atoms with Gasteiger partial charge < -0.3 is 38.9 Å². The molecule has 1 aromatic carbocycles. The lowest BCUT2D eigenvalue weighted by molar-refractivity contribution is -0.0515. The maximum atomic E-state index is 13.5. The second-order valence-electron chi connectivity index (χ2n) is 11.6. The van der Waals surface area contributed by atoms with Gasteiger partial charge in [-0.05, 0) is 77.5 Å². The fraction of sp³-hybridized carbons (Fsp3) is 0.586. The van der Waals surface area contributed by atoms with E-state index in [-0.39, 0.29) is 41.4 Å². The molecule has 2 fully saturated rings. The van der Waals surface area contributed by atoms with Gasteiger partial charge in [-0.25, -0.2) is 14.6 Å². The first-order valence-electron chi connectivity index (χ1n) is 14.2. The Kier molecular flexibility index (Phi) is 9.97. The smallest absolute Gasteiger partial charge is 0.409 e. The number of benzene rings is 1. The molecule has 2 N–H and O–H groups in total. The van der Waals surface area contributed by atoms with Crippen LogP contribution in [0.2, 0.25) is 0 Å². The van der Waals surface area contributed by atoms with Gasteiger partial charge in [0.25, 0.3) is 5.91 Å². The van der Waals surface area contributed by atoms with Crippen molar-refractivity contribution in [3.05, 3.63) is 29.7 Å². The van der Waals surface area contributed by atoms with E-state index >= 15 is 0 Å². The summed E-state index contributed by atoms with van der Waals surface area (Å²) in [6, 6.07) is 3.01. The van der Waals surface area contributed by atoms with Gasteiger partial charge in [0.15, 0.2) is 23.0 Å². The van der Waals surface area contributed by atoms with Gasteiger partial charge in [-0.3, -0.25) is 4.79 Å². The van der Waals surface area contributed by atoms with Gasteiger partial charge in [-0.15, -0.1) is 0 Å². The molecule has 1 saturated carbocycles. The molecule has 2 aromatic rings. The molecule has 12 nitrogen and oxygen atoms in total. The number of aromatic nitrogens is 1. The monoisotopic (exact) mass is 608 g/mol. The molecule has 0 bridgehead atoms. The summed E-state index contributed by atoms with van der Waals surface area (Å²) in [5.74, 6) is -0.245. The molecule has 2 atom stereocenters. The number of carbonyl (C=O) groups excluding carboxylic acids is 3. The van der Waals surface area contributed by atoms with Crippen LogP contribution in [-0.2, 0) is 9.47 Å². The number of hydrogen-bond donors (Lipinski definition) is 2. The van der Waals surface area contributed by atoms with Crippen LogP contribution in [0.1, 0.15) is 75.7 Å². The number of ether oxygens (including phenoxy) is 4. The Hall–Kier alpha value is -4.10. The van der Waals surface area contributed by atoms with E-state index in [1.54, 1.807) is 27.7 Å². The first kappa shape index (κ1) is 31.8. The number of hydrogen-bond acceptors (Lipinski definition) is 9. The van der Waals surface area contributed by atoms with Gasteiger partial charge in [0.2, 0.25) is 5.89 Å². The summed E-state index contributed by atoms with van der Waals surface area (Å²) < 4.78 is 52.6. The molecular weight excluding hydrogens is 570 g/mol. The van der Waals surface area contributed by atoms with Crippen molar-refractivity contribution in [2.75, 3.05) is 26.8 Å². The van der Waals surface area contributed by atoms with E-state index in [9.17, 15) is 23.2 Å². The third-order valence-corrected chi connectivity index (χ3v) is 6.76. The Labute approximate surface area is 248 Å². The third-order valence-electron chi connectivity index (χ3n) is 6.76. The zero-order valence-electron chi connectivity index (χ0n) is 24.9. The predicted molar refractivity (Wildman–Crippen MR) is 149 cm³/mol. The fourth-order valence-electron chi connectivity index (χ4n) is 4.54. The number of nitrogens with one attached hydrogen (secondary N) is 2. The molecule has 2 heterocycles. The number of likely N-dealkylation sites (tertiary alicyclic amines) is 1. The average Bonchev–Trinajstić information content (AvgIpc) is 3.65. The van der Waals surface area contributed by atoms with E-state index in [0.29, 0.717) is 37.5 Å². The van der Waals surface area contributed by atoms with Crippen molar-refractivity contribution < 1.29 is 46.5 Å². The lowest BCUT2D eigenvalue weighted by Crippen LogP contribution is -2.49. The number of halogens is 2. The molecule has 1 aliphatic carbocycles. The van der Waals surface area contributed by atoms with Crippen LogP contribution in [-0.4, -0.2) is 73.0 Å². The second kappa shape index (κ2) is 13.5. The predicted octanol–water partition coefficient (Wildman–Crippen LogP) is 5.28. The molecule has 0 radical (unpaired) electrons. The highest BCUT2D eigenvalue weighted by Gasteiger charge is 2.31. The highest BCUT2D eigenvalue weighted by Crippen LogP contribution is 2.37. The highest BCUT2D eigenvalue weighted by molar-refractivity contribution is 5.94. The van der Waals surface area contributed by atoms with Gasteiger partial charge in [0, 0.05) is 24.7 Å². The van der Waals surface area contributed by atoms with Crippen molar-refractivity contribution in [1.82, 2.24) is 20.5 Å². The zero-order valence-corrected chi connectivity index (χ0v) is 24.9. The Morgan fingerprint density at radius 1 is 1.16 bits per heavy atom. The van der Waals surface area contributed by atoms with Gasteiger partial charge >= 0.3 is 18.8 Å². The van der Waals surface area contributed by atoms with Crippen molar-refractivity contribution in [1.29, 1.82) is 0 Å². The van der Waals surface area contributed by atoms with E-state index in [1.807, 2.05) is 0 Å². The van der Waals surface area contributed by atoms with Crippen molar-refractivity contribution in [3.63, 3.8) is 0 Å². The molecule has 236 valence electrons. The van der Waals surface area contributed by atoms with Gasteiger partial charge in [0.05, 0.1) is 19.8 Å². The summed E-state index contributed by atoms with van der Waals surface area (Å²) in [5.41, 5.74) is -0.518. The minimum Gasteiger partial charge on any atom is -0.489 e. The summed E-state index contributed by atoms with van der Waals surface area (Å²) >= 11 is 0. The third kappa shape index (κ3) is 8.94. The van der Waals surface area contributed by atoms with Crippen LogP contribution in [0.15, 0.2) is 22.6 Å². The van der Waals surface area contributed by atoms with Crippen LogP contribution in [0.5, 0.6) is 11.5 Å². The second-order valence-corrected chi connectivity index (χ2v) is 11.6. The largest absolute Gasteiger partial charge is 0.489 e. The summed E-state index contributed by atoms with van der Waals surface area (Å²) in [6.45, 7) is 4.80. The van der Waals surface area contributed by atoms with Crippen LogP contribution in [0.25, 0.3) is 11.5 Å². The standard InChI is InChI=1S/C29H38F2N4O8/c1-16(32-27(37)43-29(2,3)4)23-22(24(36)33-19-7-6-12-35(14-19)28(38)39-5)34-25(42-23)18-10-11-20(41-26(30)31)21(13-18)40-15-17-8-9-17/h10-11,13,16-17,19,26H,6-9,12,14-15H2,1-5H3,(H,32,37)(H,33,36)/t16-,19?/m0/s1. The first-order chi connectivity index (χ1) is 20.3. The molecule has 2 aliphatic rings. The summed E-state index contributed by atoms with van der Waals surface area (Å²) in [5, 5.41) is 5.55. The van der Waals surface area contributed by atoms with E-state index < -0.39 is 36.3 Å². The molecule has 1 saturated heterocycles. The van der Waals surface area contributed by atoms with Crippen molar-refractivity contribution in [3.8, 4) is 23.0 Å². The fourth-order valence-corrected chi connectivity index (χ4v) is 4.54. The van der Waals surface area contributed by atoms with E-state index in [0.717, 1.165) is 12.8 Å². The number of alkyl halides is 2. The molecule has 3 amide bonds. The Bertz CT molecular complexity index is 1310. The Balaban J connectivity index is 1.63. The van der Waals surface area contributed by atoms with Crippen LogP contribution >= 0.6 is 0 Å². The lowest BCUT2D eigenvalue weighted by atomic mass is 10.1. The topological polar surface area (TPSA) is 141 Å². The maximum Gasteiger partial charge on any atom is 0.409 e. The van der Waals surface area contributed by atoms with Gasteiger partial charge in [-0.2, -0.15) is 8.78 Å². The number of alkyl carbamates (subject to hydrolysis) is 1. The van der Waals surface area contributed by atoms with Crippen LogP contribution in [0.3, 0.4) is 0 Å². The number of amides is 3. The van der Waals surface area contributed by atoms with E-state index in [1.165, 1.54) is 30.2 Å². The summed E-state index contributed by atoms with van der Waals surface area (Å²) in [7, 11) is 1.29. The van der Waals surface area contributed by atoms with Crippen molar-refractivity contribution in [2.24, 2.45) is 5.92 Å². The number of carbonyl (C=O) groups is 3. The number of nitrogens with zero attached hydrogens (tertiary/aromatic N) is 2. The zero-order chi connectivity index (χ0) is 31.3. The minimum atomic E-state index is -3.05. The van der Waals surface area contributed by atoms with Gasteiger partial charge in [-0.1, -0.05) is 0 Å². The molecule has 43 heavy (non-hydrogen) atoms. The highest BCUT2D eigenvalue weighted by atomic mass is 19.3. The average molecular weight is 609 g/mol. The summed E-state index contributed by atoms with van der Waals surface area (Å²) in [6.07, 6.45) is 2.05. The van der Waals surface area contributed by atoms with Crippen molar-refractivity contribution in [2.45, 2.75) is 77.7 Å². The Morgan fingerprint density at radius 2 is 1.91 bits per heavy atom. The first-order valence-corrected chi connectivity index (χ1v) is 14.2. The number of methoxy groups -OCH3 is 1. The van der Waals surface area contributed by atoms with Crippen LogP contribution in [0, 0.1) is 5.92 Å². The number of piperidine rings is 1. The Morgan fingerprint density at radius 3 is 2.56 bits per heavy atom. The van der Waals surface area contributed by atoms with Gasteiger partial charge in [0.1, 0.15) is 5.60 Å². The molecular formula is C29H38F2N4O8. The quantitative estimate of drug-likeness (QED) is 0.369. The minimum absolute atomic E-state index is 0.00214.